The summed E-state index contributed by atoms with van der Waals surface area (Å²) >= 11 is 0. The summed E-state index contributed by atoms with van der Waals surface area (Å²) in [7, 11) is -0.868. The van der Waals surface area contributed by atoms with Crippen LogP contribution in [-0.4, -0.2) is 39.3 Å². The number of hydrogen-bond donors (Lipinski definition) is 1. The Balaban J connectivity index is 2.08. The fraction of sp³-hybridized carbons (Fsp3) is 0.278. The zero-order chi connectivity index (χ0) is 18.6. The molecule has 0 saturated carbocycles. The van der Waals surface area contributed by atoms with E-state index in [1.54, 1.807) is 12.1 Å². The largest absolute Gasteiger partial charge is 0.497 e. The first-order valence-electron chi connectivity index (χ1n) is 7.71. The van der Waals surface area contributed by atoms with Gasteiger partial charge in [-0.25, -0.2) is 8.42 Å². The number of hydrogen-bond acceptors (Lipinski definition) is 4. The van der Waals surface area contributed by atoms with Crippen molar-refractivity contribution in [1.29, 1.82) is 0 Å². The molecule has 2 aromatic carbocycles. The maximum absolute atomic E-state index is 12.5. The zero-order valence-electron chi connectivity index (χ0n) is 14.7. The third-order valence-electron chi connectivity index (χ3n) is 3.64. The first-order valence-corrected chi connectivity index (χ1v) is 9.15. The first-order chi connectivity index (χ1) is 11.7. The normalized spacial score (nSPS) is 11.4. The Labute approximate surface area is 148 Å². The average Bonchev–Trinajstić information content (AvgIpc) is 2.53. The van der Waals surface area contributed by atoms with E-state index in [2.05, 4.69) is 5.32 Å². The van der Waals surface area contributed by atoms with Crippen LogP contribution in [0.1, 0.15) is 11.1 Å². The second-order valence-corrected chi connectivity index (χ2v) is 7.91. The van der Waals surface area contributed by atoms with Gasteiger partial charge in [0.25, 0.3) is 0 Å². The lowest BCUT2D eigenvalue weighted by Crippen LogP contribution is -2.35. The highest BCUT2D eigenvalue weighted by Crippen LogP contribution is 2.19. The molecule has 0 bridgehead atoms. The molecule has 0 aliphatic rings. The molecule has 1 N–H and O–H groups in total. The molecule has 1 amide bonds. The highest BCUT2D eigenvalue weighted by Gasteiger charge is 2.23. The van der Waals surface area contributed by atoms with E-state index in [1.807, 2.05) is 32.0 Å². The van der Waals surface area contributed by atoms with E-state index >= 15 is 0 Å². The molecule has 0 aliphatic heterocycles. The Hall–Kier alpha value is -2.38. The monoisotopic (exact) mass is 362 g/mol. The summed E-state index contributed by atoms with van der Waals surface area (Å²) in [5.74, 6) is 0.166. The number of likely N-dealkylation sites (N-methyl/N-ethyl adjacent to an activating group) is 1. The first kappa shape index (κ1) is 19.0. The van der Waals surface area contributed by atoms with E-state index < -0.39 is 15.9 Å². The topological polar surface area (TPSA) is 75.7 Å². The molecule has 2 rings (SSSR count). The number of nitrogens with zero attached hydrogens (tertiary/aromatic N) is 1. The maximum Gasteiger partial charge on any atom is 0.243 e. The van der Waals surface area contributed by atoms with Crippen molar-refractivity contribution >= 4 is 21.6 Å². The summed E-state index contributed by atoms with van der Waals surface area (Å²) in [5, 5.41) is 2.73. The van der Waals surface area contributed by atoms with Gasteiger partial charge in [0.05, 0.1) is 18.6 Å². The Bertz CT molecular complexity index is 841. The molecule has 2 aromatic rings. The van der Waals surface area contributed by atoms with Crippen LogP contribution < -0.4 is 10.1 Å². The van der Waals surface area contributed by atoms with E-state index in [9.17, 15) is 13.2 Å². The molecular formula is C18H22N2O4S. The maximum atomic E-state index is 12.5. The molecule has 0 spiro atoms. The molecule has 134 valence electrons. The number of sulfonamides is 1. The van der Waals surface area contributed by atoms with Crippen LogP contribution in [0.3, 0.4) is 0 Å². The molecule has 0 atom stereocenters. The van der Waals surface area contributed by atoms with Crippen molar-refractivity contribution in [2.45, 2.75) is 18.7 Å². The van der Waals surface area contributed by atoms with Gasteiger partial charge in [0.1, 0.15) is 5.75 Å². The van der Waals surface area contributed by atoms with Crippen LogP contribution in [0.4, 0.5) is 5.69 Å². The molecule has 0 saturated heterocycles. The van der Waals surface area contributed by atoms with Crippen LogP contribution >= 0.6 is 0 Å². The van der Waals surface area contributed by atoms with Crippen molar-refractivity contribution in [3.63, 3.8) is 0 Å². The number of benzene rings is 2. The van der Waals surface area contributed by atoms with Crippen LogP contribution in [0.5, 0.6) is 5.75 Å². The van der Waals surface area contributed by atoms with Gasteiger partial charge in [0, 0.05) is 12.7 Å². The Morgan fingerprint density at radius 1 is 1.08 bits per heavy atom. The Morgan fingerprint density at radius 3 is 2.16 bits per heavy atom. The van der Waals surface area contributed by atoms with Gasteiger partial charge < -0.3 is 10.1 Å². The second kappa shape index (κ2) is 7.67. The fourth-order valence-corrected chi connectivity index (χ4v) is 3.59. The van der Waals surface area contributed by atoms with Gasteiger partial charge in [-0.05, 0) is 61.4 Å². The number of anilines is 1. The van der Waals surface area contributed by atoms with Crippen LogP contribution in [0.15, 0.2) is 47.4 Å². The zero-order valence-corrected chi connectivity index (χ0v) is 15.6. The predicted molar refractivity (Wildman–Crippen MR) is 97.4 cm³/mol. The van der Waals surface area contributed by atoms with Gasteiger partial charge in [0.15, 0.2) is 0 Å². The van der Waals surface area contributed by atoms with Gasteiger partial charge in [-0.3, -0.25) is 4.79 Å². The SMILES string of the molecule is COc1ccc(S(=O)(=O)N(C)CC(=O)Nc2cc(C)cc(C)c2)cc1. The number of nitrogens with one attached hydrogen (secondary N) is 1. The third-order valence-corrected chi connectivity index (χ3v) is 5.46. The molecule has 0 radical (unpaired) electrons. The number of carbonyl (C=O) groups excluding carboxylic acids is 1. The van der Waals surface area contributed by atoms with Crippen LogP contribution in [0.2, 0.25) is 0 Å². The fourth-order valence-electron chi connectivity index (χ4n) is 2.46. The summed E-state index contributed by atoms with van der Waals surface area (Å²) < 4.78 is 31.1. The molecule has 0 heterocycles. The number of rotatable bonds is 6. The number of amides is 1. The minimum absolute atomic E-state index is 0.106. The summed E-state index contributed by atoms with van der Waals surface area (Å²) in [6, 6.07) is 11.7. The molecule has 0 aliphatic carbocycles. The minimum atomic E-state index is -3.75. The second-order valence-electron chi connectivity index (χ2n) is 5.86. The van der Waals surface area contributed by atoms with Crippen LogP contribution in [0, 0.1) is 13.8 Å². The number of carbonyl (C=O) groups is 1. The summed E-state index contributed by atoms with van der Waals surface area (Å²) in [5.41, 5.74) is 2.70. The van der Waals surface area contributed by atoms with Gasteiger partial charge in [-0.1, -0.05) is 6.07 Å². The highest BCUT2D eigenvalue weighted by molar-refractivity contribution is 7.89. The van der Waals surface area contributed by atoms with Gasteiger partial charge in [0.2, 0.25) is 15.9 Å². The van der Waals surface area contributed by atoms with E-state index in [-0.39, 0.29) is 11.4 Å². The molecule has 0 unspecified atom stereocenters. The van der Waals surface area contributed by atoms with E-state index in [0.29, 0.717) is 11.4 Å². The predicted octanol–water partition coefficient (Wildman–Crippen LogP) is 2.57. The van der Waals surface area contributed by atoms with Crippen molar-refractivity contribution in [3.05, 3.63) is 53.6 Å². The summed E-state index contributed by atoms with van der Waals surface area (Å²) in [4.78, 5) is 12.3. The molecular weight excluding hydrogens is 340 g/mol. The standard InChI is InChI=1S/C18H22N2O4S/c1-13-9-14(2)11-15(10-13)19-18(21)12-20(3)25(22,23)17-7-5-16(24-4)6-8-17/h5-11H,12H2,1-4H3,(H,19,21). The Morgan fingerprint density at radius 2 is 1.64 bits per heavy atom. The summed E-state index contributed by atoms with van der Waals surface area (Å²) in [6.07, 6.45) is 0. The lowest BCUT2D eigenvalue weighted by Gasteiger charge is -2.17. The number of methoxy groups -OCH3 is 1. The summed E-state index contributed by atoms with van der Waals surface area (Å²) in [6.45, 7) is 3.59. The number of ether oxygens (including phenoxy) is 1. The van der Waals surface area contributed by atoms with Crippen molar-refractivity contribution < 1.29 is 17.9 Å². The van der Waals surface area contributed by atoms with Crippen LogP contribution in [0.25, 0.3) is 0 Å². The van der Waals surface area contributed by atoms with E-state index in [4.69, 9.17) is 4.74 Å². The minimum Gasteiger partial charge on any atom is -0.497 e. The lowest BCUT2D eigenvalue weighted by molar-refractivity contribution is -0.116. The highest BCUT2D eigenvalue weighted by atomic mass is 32.2. The average molecular weight is 362 g/mol. The third kappa shape index (κ3) is 4.80. The molecule has 0 fully saturated rings. The van der Waals surface area contributed by atoms with E-state index in [1.165, 1.54) is 26.3 Å². The van der Waals surface area contributed by atoms with Crippen molar-refractivity contribution in [2.24, 2.45) is 0 Å². The smallest absolute Gasteiger partial charge is 0.243 e. The van der Waals surface area contributed by atoms with Gasteiger partial charge >= 0.3 is 0 Å². The van der Waals surface area contributed by atoms with E-state index in [0.717, 1.165) is 15.4 Å². The van der Waals surface area contributed by atoms with Gasteiger partial charge in [-0.2, -0.15) is 4.31 Å². The van der Waals surface area contributed by atoms with Crippen LogP contribution in [-0.2, 0) is 14.8 Å². The van der Waals surface area contributed by atoms with Crippen molar-refractivity contribution in [2.75, 3.05) is 26.0 Å². The Kier molecular flexibility index (Phi) is 5.81. The van der Waals surface area contributed by atoms with Crippen molar-refractivity contribution in [1.82, 2.24) is 4.31 Å². The molecule has 7 heteroatoms. The number of aryl methyl sites for hydroxylation is 2. The molecule has 25 heavy (non-hydrogen) atoms. The quantitative estimate of drug-likeness (QED) is 0.857. The lowest BCUT2D eigenvalue weighted by atomic mass is 10.1. The van der Waals surface area contributed by atoms with Gasteiger partial charge in [-0.15, -0.1) is 0 Å². The molecule has 6 nitrogen and oxygen atoms in total. The molecule has 0 aromatic heterocycles. The van der Waals surface area contributed by atoms with Crippen molar-refractivity contribution in [3.8, 4) is 5.75 Å².